The molecule has 0 aliphatic heterocycles. The number of aromatic nitrogens is 2. The standard InChI is InChI=1S/C20H27N5O.HI/c1-15-13-16(2)25(24-15)12-6-10-22-20(21-3)23-11-9-18-14-17-7-4-5-8-19(17)26-18;/h4-5,7-8,13-14H,6,9-12H2,1-3H3,(H2,21,22,23);1H. The van der Waals surface area contributed by atoms with Crippen LogP contribution in [0.4, 0.5) is 0 Å². The average Bonchev–Trinajstić information content (AvgIpc) is 3.18. The van der Waals surface area contributed by atoms with Gasteiger partial charge in [0.2, 0.25) is 0 Å². The van der Waals surface area contributed by atoms with Crippen molar-refractivity contribution in [1.82, 2.24) is 20.4 Å². The summed E-state index contributed by atoms with van der Waals surface area (Å²) in [5, 5.41) is 12.3. The lowest BCUT2D eigenvalue weighted by atomic mass is 10.2. The van der Waals surface area contributed by atoms with Crippen molar-refractivity contribution in [2.24, 2.45) is 4.99 Å². The molecule has 0 aliphatic rings. The summed E-state index contributed by atoms with van der Waals surface area (Å²) in [6.45, 7) is 6.64. The maximum absolute atomic E-state index is 5.83. The number of halogens is 1. The van der Waals surface area contributed by atoms with Gasteiger partial charge in [-0.2, -0.15) is 5.10 Å². The van der Waals surface area contributed by atoms with Crippen LogP contribution in [0, 0.1) is 13.8 Å². The normalized spacial score (nSPS) is 11.4. The highest BCUT2D eigenvalue weighted by atomic mass is 127. The van der Waals surface area contributed by atoms with E-state index in [1.165, 1.54) is 5.69 Å². The number of rotatable bonds is 7. The van der Waals surface area contributed by atoms with Gasteiger partial charge in [-0.3, -0.25) is 9.67 Å². The number of nitrogens with zero attached hydrogens (tertiary/aromatic N) is 3. The van der Waals surface area contributed by atoms with Crippen LogP contribution in [0.3, 0.4) is 0 Å². The molecule has 6 nitrogen and oxygen atoms in total. The highest BCUT2D eigenvalue weighted by Crippen LogP contribution is 2.18. The zero-order valence-electron chi connectivity index (χ0n) is 16.2. The molecule has 0 fully saturated rings. The van der Waals surface area contributed by atoms with Gasteiger partial charge in [0, 0.05) is 44.2 Å². The SMILES string of the molecule is CN=C(NCCCn1nc(C)cc1C)NCCc1cc2ccccc2o1.I. The van der Waals surface area contributed by atoms with Crippen molar-refractivity contribution in [3.8, 4) is 0 Å². The number of benzene rings is 1. The largest absolute Gasteiger partial charge is 0.461 e. The molecule has 0 amide bonds. The van der Waals surface area contributed by atoms with E-state index in [0.29, 0.717) is 0 Å². The summed E-state index contributed by atoms with van der Waals surface area (Å²) in [4.78, 5) is 4.27. The van der Waals surface area contributed by atoms with Crippen LogP contribution in [-0.4, -0.2) is 35.9 Å². The Morgan fingerprint density at radius 1 is 1.15 bits per heavy atom. The molecule has 146 valence electrons. The van der Waals surface area contributed by atoms with Crippen LogP contribution in [0.15, 0.2) is 45.8 Å². The predicted molar refractivity (Wildman–Crippen MR) is 121 cm³/mol. The highest BCUT2D eigenvalue weighted by molar-refractivity contribution is 14.0. The maximum atomic E-state index is 5.83. The molecule has 0 saturated carbocycles. The summed E-state index contributed by atoms with van der Waals surface area (Å²) in [5.41, 5.74) is 3.21. The van der Waals surface area contributed by atoms with Crippen molar-refractivity contribution in [3.63, 3.8) is 0 Å². The second-order valence-electron chi connectivity index (χ2n) is 6.43. The second-order valence-corrected chi connectivity index (χ2v) is 6.43. The van der Waals surface area contributed by atoms with E-state index in [4.69, 9.17) is 4.42 Å². The molecule has 3 rings (SSSR count). The van der Waals surface area contributed by atoms with Gasteiger partial charge >= 0.3 is 0 Å². The summed E-state index contributed by atoms with van der Waals surface area (Å²) in [6, 6.07) is 12.3. The topological polar surface area (TPSA) is 67.4 Å². The van der Waals surface area contributed by atoms with Crippen LogP contribution >= 0.6 is 24.0 Å². The molecule has 1 aromatic carbocycles. The Labute approximate surface area is 177 Å². The molecular formula is C20H28IN5O. The third-order valence-corrected chi connectivity index (χ3v) is 4.31. The molecule has 0 atom stereocenters. The average molecular weight is 481 g/mol. The van der Waals surface area contributed by atoms with Crippen LogP contribution in [0.25, 0.3) is 11.0 Å². The monoisotopic (exact) mass is 481 g/mol. The number of fused-ring (bicyclic) bond motifs is 1. The zero-order valence-corrected chi connectivity index (χ0v) is 18.5. The minimum atomic E-state index is 0. The van der Waals surface area contributed by atoms with Crippen LogP contribution in [-0.2, 0) is 13.0 Å². The number of hydrogen-bond donors (Lipinski definition) is 2. The predicted octanol–water partition coefficient (Wildman–Crippen LogP) is 3.66. The minimum absolute atomic E-state index is 0. The Kier molecular flexibility index (Phi) is 8.15. The van der Waals surface area contributed by atoms with E-state index in [0.717, 1.165) is 60.9 Å². The molecule has 0 radical (unpaired) electrons. The molecule has 2 N–H and O–H groups in total. The van der Waals surface area contributed by atoms with Crippen molar-refractivity contribution < 1.29 is 4.42 Å². The fraction of sp³-hybridized carbons (Fsp3) is 0.400. The van der Waals surface area contributed by atoms with Gasteiger partial charge in [-0.05, 0) is 38.5 Å². The summed E-state index contributed by atoms with van der Waals surface area (Å²) >= 11 is 0. The molecule has 27 heavy (non-hydrogen) atoms. The quantitative estimate of drug-likeness (QED) is 0.234. The van der Waals surface area contributed by atoms with E-state index in [1.807, 2.05) is 25.1 Å². The first-order valence-corrected chi connectivity index (χ1v) is 9.09. The minimum Gasteiger partial charge on any atom is -0.461 e. The summed E-state index contributed by atoms with van der Waals surface area (Å²) in [6.07, 6.45) is 1.81. The molecule has 3 aromatic rings. The fourth-order valence-corrected chi connectivity index (χ4v) is 3.02. The van der Waals surface area contributed by atoms with Crippen LogP contribution < -0.4 is 10.6 Å². The van der Waals surface area contributed by atoms with Crippen molar-refractivity contribution in [2.75, 3.05) is 20.1 Å². The molecule has 2 heterocycles. The third-order valence-electron chi connectivity index (χ3n) is 4.31. The second kappa shape index (κ2) is 10.3. The van der Waals surface area contributed by atoms with Gasteiger partial charge in [0.05, 0.1) is 5.69 Å². The number of aryl methyl sites for hydroxylation is 3. The lowest BCUT2D eigenvalue weighted by Crippen LogP contribution is -2.39. The first-order chi connectivity index (χ1) is 12.7. The van der Waals surface area contributed by atoms with Gasteiger partial charge in [-0.1, -0.05) is 18.2 Å². The van der Waals surface area contributed by atoms with Gasteiger partial charge in [0.1, 0.15) is 11.3 Å². The highest BCUT2D eigenvalue weighted by Gasteiger charge is 2.04. The number of aliphatic imine (C=N–C) groups is 1. The number of nitrogens with one attached hydrogen (secondary N) is 2. The first-order valence-electron chi connectivity index (χ1n) is 9.09. The van der Waals surface area contributed by atoms with E-state index in [-0.39, 0.29) is 24.0 Å². The van der Waals surface area contributed by atoms with Gasteiger partial charge < -0.3 is 15.1 Å². The Morgan fingerprint density at radius 3 is 2.63 bits per heavy atom. The van der Waals surface area contributed by atoms with E-state index < -0.39 is 0 Å². The lowest BCUT2D eigenvalue weighted by molar-refractivity contribution is 0.541. The van der Waals surface area contributed by atoms with Crippen molar-refractivity contribution in [1.29, 1.82) is 0 Å². The van der Waals surface area contributed by atoms with Gasteiger partial charge in [-0.25, -0.2) is 0 Å². The van der Waals surface area contributed by atoms with Crippen LogP contribution in [0.1, 0.15) is 23.6 Å². The Morgan fingerprint density at radius 2 is 1.93 bits per heavy atom. The summed E-state index contributed by atoms with van der Waals surface area (Å²) in [5.74, 6) is 1.80. The van der Waals surface area contributed by atoms with Crippen molar-refractivity contribution in [3.05, 3.63) is 53.5 Å². The Balaban J connectivity index is 0.00000261. The number of furan rings is 1. The van der Waals surface area contributed by atoms with Crippen molar-refractivity contribution >= 4 is 40.9 Å². The van der Waals surface area contributed by atoms with Crippen LogP contribution in [0.2, 0.25) is 0 Å². The van der Waals surface area contributed by atoms with Gasteiger partial charge in [0.25, 0.3) is 0 Å². The molecule has 7 heteroatoms. The third kappa shape index (κ3) is 5.98. The fourth-order valence-electron chi connectivity index (χ4n) is 3.02. The van der Waals surface area contributed by atoms with E-state index in [9.17, 15) is 0 Å². The Bertz CT molecular complexity index is 851. The molecule has 0 unspecified atom stereocenters. The molecule has 2 aromatic heterocycles. The van der Waals surface area contributed by atoms with E-state index in [2.05, 4.69) is 50.5 Å². The van der Waals surface area contributed by atoms with E-state index >= 15 is 0 Å². The molecular weight excluding hydrogens is 453 g/mol. The van der Waals surface area contributed by atoms with Gasteiger partial charge in [-0.15, -0.1) is 24.0 Å². The molecule has 0 saturated heterocycles. The summed E-state index contributed by atoms with van der Waals surface area (Å²) in [7, 11) is 1.79. The maximum Gasteiger partial charge on any atom is 0.190 e. The van der Waals surface area contributed by atoms with Crippen molar-refractivity contribution in [2.45, 2.75) is 33.2 Å². The Hall–Kier alpha value is -2.03. The first kappa shape index (κ1) is 21.3. The van der Waals surface area contributed by atoms with E-state index in [1.54, 1.807) is 7.05 Å². The molecule has 0 aliphatic carbocycles. The summed E-state index contributed by atoms with van der Waals surface area (Å²) < 4.78 is 7.88. The van der Waals surface area contributed by atoms with Crippen LogP contribution in [0.5, 0.6) is 0 Å². The smallest absolute Gasteiger partial charge is 0.190 e. The van der Waals surface area contributed by atoms with Gasteiger partial charge in [0.15, 0.2) is 5.96 Å². The number of hydrogen-bond acceptors (Lipinski definition) is 3. The lowest BCUT2D eigenvalue weighted by Gasteiger charge is -2.11. The number of para-hydroxylation sites is 1. The number of guanidine groups is 1. The molecule has 0 bridgehead atoms. The molecule has 0 spiro atoms. The zero-order chi connectivity index (χ0) is 18.4.